The van der Waals surface area contributed by atoms with Crippen molar-refractivity contribution in [3.8, 4) is 0 Å². The molecule has 2 aromatic heterocycles. The molecule has 0 unspecified atom stereocenters. The van der Waals surface area contributed by atoms with Gasteiger partial charge in [0.05, 0.1) is 6.61 Å². The van der Waals surface area contributed by atoms with Crippen LogP contribution in [-0.4, -0.2) is 11.7 Å². The third-order valence-corrected chi connectivity index (χ3v) is 6.87. The van der Waals surface area contributed by atoms with Gasteiger partial charge in [0.25, 0.3) is 0 Å². The summed E-state index contributed by atoms with van der Waals surface area (Å²) in [5.74, 6) is 5.39. The number of aliphatic hydroxyl groups excluding tert-OH is 1. The van der Waals surface area contributed by atoms with E-state index in [4.69, 9.17) is 8.83 Å². The Labute approximate surface area is 156 Å². The van der Waals surface area contributed by atoms with Crippen LogP contribution >= 0.6 is 0 Å². The molecular weight excluding hydrogens is 324 g/mol. The predicted molar refractivity (Wildman–Crippen MR) is 103 cm³/mol. The van der Waals surface area contributed by atoms with Gasteiger partial charge in [0, 0.05) is 12.8 Å². The monoisotopic (exact) mass is 356 g/mol. The number of fused-ring (bicyclic) bond motifs is 2. The average molecular weight is 357 g/mol. The SMILES string of the molecule is Cc1c(C(C)(CO)c2oc3c(c2C)CC[C@@H](C)C3)oc2c1CC[C@@H](C)C2. The van der Waals surface area contributed by atoms with Gasteiger partial charge in [-0.25, -0.2) is 0 Å². The molecule has 0 aliphatic heterocycles. The van der Waals surface area contributed by atoms with Gasteiger partial charge in [-0.05, 0) is 80.5 Å². The first-order chi connectivity index (χ1) is 12.3. The van der Waals surface area contributed by atoms with Crippen molar-refractivity contribution < 1.29 is 13.9 Å². The van der Waals surface area contributed by atoms with Crippen LogP contribution in [0.4, 0.5) is 0 Å². The highest BCUT2D eigenvalue weighted by Crippen LogP contribution is 2.44. The van der Waals surface area contributed by atoms with Gasteiger partial charge >= 0.3 is 0 Å². The van der Waals surface area contributed by atoms with Crippen LogP contribution in [-0.2, 0) is 31.1 Å². The Morgan fingerprint density at radius 1 is 0.885 bits per heavy atom. The Kier molecular flexibility index (Phi) is 4.34. The van der Waals surface area contributed by atoms with E-state index in [-0.39, 0.29) is 6.61 Å². The van der Waals surface area contributed by atoms with Crippen molar-refractivity contribution in [2.75, 3.05) is 6.61 Å². The summed E-state index contributed by atoms with van der Waals surface area (Å²) in [4.78, 5) is 0. The Hall–Kier alpha value is -1.48. The molecular formula is C23H32O3. The van der Waals surface area contributed by atoms with Crippen molar-refractivity contribution >= 4 is 0 Å². The number of aliphatic hydroxyl groups is 1. The number of rotatable bonds is 3. The standard InChI is InChI=1S/C23H32O3/c1-13-6-8-17-15(3)21(25-19(17)10-13)23(5,12-24)22-16(4)18-9-7-14(2)11-20(18)26-22/h13-14,24H,6-12H2,1-5H3/t13-,14-/m1/s1. The molecule has 0 radical (unpaired) electrons. The molecule has 0 aromatic carbocycles. The van der Waals surface area contributed by atoms with Crippen molar-refractivity contribution in [3.63, 3.8) is 0 Å². The molecule has 1 N–H and O–H groups in total. The van der Waals surface area contributed by atoms with Crippen molar-refractivity contribution in [2.24, 2.45) is 11.8 Å². The van der Waals surface area contributed by atoms with Crippen LogP contribution < -0.4 is 0 Å². The topological polar surface area (TPSA) is 46.5 Å². The zero-order valence-electron chi connectivity index (χ0n) is 16.9. The second-order valence-corrected chi connectivity index (χ2v) is 9.10. The van der Waals surface area contributed by atoms with E-state index >= 15 is 0 Å². The van der Waals surface area contributed by atoms with Crippen LogP contribution in [0.5, 0.6) is 0 Å². The smallest absolute Gasteiger partial charge is 0.123 e. The van der Waals surface area contributed by atoms with E-state index in [0.29, 0.717) is 11.8 Å². The lowest BCUT2D eigenvalue weighted by molar-refractivity contribution is 0.184. The highest BCUT2D eigenvalue weighted by molar-refractivity contribution is 5.46. The third-order valence-electron chi connectivity index (χ3n) is 6.87. The molecule has 2 aromatic rings. The lowest BCUT2D eigenvalue weighted by atomic mass is 9.79. The summed E-state index contributed by atoms with van der Waals surface area (Å²) in [6.07, 6.45) is 6.60. The summed E-state index contributed by atoms with van der Waals surface area (Å²) < 4.78 is 12.8. The van der Waals surface area contributed by atoms with Crippen molar-refractivity contribution in [1.29, 1.82) is 0 Å². The molecule has 0 spiro atoms. The van der Waals surface area contributed by atoms with Crippen LogP contribution in [0.25, 0.3) is 0 Å². The minimum atomic E-state index is -0.616. The van der Waals surface area contributed by atoms with Gasteiger partial charge in [0.1, 0.15) is 28.5 Å². The molecule has 2 heterocycles. The average Bonchev–Trinajstić information content (AvgIpc) is 3.12. The molecule has 0 fully saturated rings. The molecule has 0 bridgehead atoms. The highest BCUT2D eigenvalue weighted by Gasteiger charge is 2.41. The molecule has 4 rings (SSSR count). The number of furan rings is 2. The molecule has 2 aliphatic rings. The van der Waals surface area contributed by atoms with Crippen molar-refractivity contribution in [1.82, 2.24) is 0 Å². The normalized spacial score (nSPS) is 23.0. The van der Waals surface area contributed by atoms with E-state index in [1.165, 1.54) is 35.1 Å². The fraction of sp³-hybridized carbons (Fsp3) is 0.652. The van der Waals surface area contributed by atoms with E-state index in [9.17, 15) is 5.11 Å². The second-order valence-electron chi connectivity index (χ2n) is 9.10. The van der Waals surface area contributed by atoms with Crippen LogP contribution in [0.1, 0.15) is 78.9 Å². The van der Waals surface area contributed by atoms with E-state index in [0.717, 1.165) is 48.7 Å². The molecule has 0 amide bonds. The zero-order valence-corrected chi connectivity index (χ0v) is 16.9. The number of hydrogen-bond donors (Lipinski definition) is 1. The van der Waals surface area contributed by atoms with Gasteiger partial charge < -0.3 is 13.9 Å². The zero-order chi connectivity index (χ0) is 18.6. The minimum absolute atomic E-state index is 0.00141. The maximum atomic E-state index is 10.4. The van der Waals surface area contributed by atoms with Crippen LogP contribution in [0.3, 0.4) is 0 Å². The Morgan fingerprint density at radius 3 is 1.69 bits per heavy atom. The fourth-order valence-corrected chi connectivity index (χ4v) is 5.12. The Balaban J connectivity index is 1.82. The molecule has 0 saturated heterocycles. The second kappa shape index (κ2) is 6.30. The van der Waals surface area contributed by atoms with Crippen LogP contribution in [0.2, 0.25) is 0 Å². The molecule has 0 saturated carbocycles. The van der Waals surface area contributed by atoms with Crippen molar-refractivity contribution in [3.05, 3.63) is 45.3 Å². The minimum Gasteiger partial charge on any atom is -0.464 e. The Morgan fingerprint density at radius 2 is 1.31 bits per heavy atom. The fourth-order valence-electron chi connectivity index (χ4n) is 5.12. The maximum absolute atomic E-state index is 10.4. The van der Waals surface area contributed by atoms with E-state index in [1.54, 1.807) is 0 Å². The van der Waals surface area contributed by atoms with E-state index in [1.807, 2.05) is 0 Å². The lowest BCUT2D eigenvalue weighted by Crippen LogP contribution is -2.29. The summed E-state index contributed by atoms with van der Waals surface area (Å²) >= 11 is 0. The first-order valence-corrected chi connectivity index (χ1v) is 10.2. The molecule has 2 aliphatic carbocycles. The summed E-state index contributed by atoms with van der Waals surface area (Å²) in [6.45, 7) is 11.0. The maximum Gasteiger partial charge on any atom is 0.123 e. The predicted octanol–water partition coefficient (Wildman–Crippen LogP) is 5.04. The first kappa shape index (κ1) is 17.9. The summed E-state index contributed by atoms with van der Waals surface area (Å²) in [7, 11) is 0. The summed E-state index contributed by atoms with van der Waals surface area (Å²) in [6, 6.07) is 0. The molecule has 142 valence electrons. The quantitative estimate of drug-likeness (QED) is 0.838. The molecule has 26 heavy (non-hydrogen) atoms. The number of hydrogen-bond acceptors (Lipinski definition) is 3. The van der Waals surface area contributed by atoms with Crippen LogP contribution in [0.15, 0.2) is 8.83 Å². The van der Waals surface area contributed by atoms with Gasteiger partial charge in [-0.3, -0.25) is 0 Å². The Bertz CT molecular complexity index is 759. The van der Waals surface area contributed by atoms with Gasteiger partial charge in [-0.1, -0.05) is 13.8 Å². The third kappa shape index (κ3) is 2.58. The van der Waals surface area contributed by atoms with Crippen molar-refractivity contribution in [2.45, 2.75) is 78.6 Å². The molecule has 3 nitrogen and oxygen atoms in total. The van der Waals surface area contributed by atoms with Gasteiger partial charge in [-0.2, -0.15) is 0 Å². The lowest BCUT2D eigenvalue weighted by Gasteiger charge is -2.25. The van der Waals surface area contributed by atoms with Gasteiger partial charge in [0.15, 0.2) is 0 Å². The first-order valence-electron chi connectivity index (χ1n) is 10.2. The van der Waals surface area contributed by atoms with Crippen LogP contribution in [0, 0.1) is 25.7 Å². The molecule has 3 heteroatoms. The van der Waals surface area contributed by atoms with Gasteiger partial charge in [-0.15, -0.1) is 0 Å². The van der Waals surface area contributed by atoms with E-state index < -0.39 is 5.41 Å². The summed E-state index contributed by atoms with van der Waals surface area (Å²) in [5.41, 5.74) is 4.53. The largest absolute Gasteiger partial charge is 0.464 e. The van der Waals surface area contributed by atoms with Gasteiger partial charge in [0.2, 0.25) is 0 Å². The summed E-state index contributed by atoms with van der Waals surface area (Å²) in [5, 5.41) is 10.4. The molecule has 2 atom stereocenters. The highest BCUT2D eigenvalue weighted by atomic mass is 16.4. The van der Waals surface area contributed by atoms with E-state index in [2.05, 4.69) is 34.6 Å².